The minimum absolute atomic E-state index is 0.106. The molecule has 41 heavy (non-hydrogen) atoms. The predicted octanol–water partition coefficient (Wildman–Crippen LogP) is 5.11. The van der Waals surface area contributed by atoms with E-state index in [0.29, 0.717) is 23.4 Å². The number of ether oxygens (including phenoxy) is 3. The van der Waals surface area contributed by atoms with Crippen molar-refractivity contribution < 1.29 is 45.6 Å². The van der Waals surface area contributed by atoms with E-state index in [1.54, 1.807) is 36.0 Å². The van der Waals surface area contributed by atoms with Crippen LogP contribution in [-0.4, -0.2) is 79.8 Å². The molecule has 0 aliphatic carbocycles. The van der Waals surface area contributed by atoms with Gasteiger partial charge in [-0.2, -0.15) is 24.9 Å². The van der Waals surface area contributed by atoms with Gasteiger partial charge in [0, 0.05) is 23.6 Å². The fourth-order valence-electron chi connectivity index (χ4n) is 4.43. The number of alkyl halides is 3. The Morgan fingerprint density at radius 3 is 2.61 bits per heavy atom. The lowest BCUT2D eigenvalue weighted by Gasteiger charge is -2.21. The van der Waals surface area contributed by atoms with Gasteiger partial charge in [0.1, 0.15) is 18.3 Å². The van der Waals surface area contributed by atoms with Crippen LogP contribution in [0.25, 0.3) is 11.2 Å². The molecule has 2 fully saturated rings. The number of fused-ring (bicyclic) bond motifs is 2. The molecule has 0 radical (unpaired) electrons. The zero-order chi connectivity index (χ0) is 29.2. The van der Waals surface area contributed by atoms with Crippen molar-refractivity contribution in [1.29, 1.82) is 0 Å². The molecule has 2 N–H and O–H groups in total. The molecular formula is C23H26F4N5O6PS2. The van der Waals surface area contributed by atoms with Crippen LogP contribution in [0.15, 0.2) is 41.8 Å². The van der Waals surface area contributed by atoms with Crippen LogP contribution in [-0.2, 0) is 23.3 Å². The summed E-state index contributed by atoms with van der Waals surface area (Å²) >= 11 is 2.45. The molecule has 0 spiro atoms. The molecule has 0 bridgehead atoms. The second kappa shape index (κ2) is 12.7. The van der Waals surface area contributed by atoms with Gasteiger partial charge >= 0.3 is 14.1 Å². The number of nitrogens with one attached hydrogen (secondary N) is 1. The molecule has 0 saturated carbocycles. The van der Waals surface area contributed by atoms with E-state index in [-0.39, 0.29) is 16.6 Å². The molecular weight excluding hydrogens is 613 g/mol. The van der Waals surface area contributed by atoms with Crippen LogP contribution in [0.3, 0.4) is 0 Å². The largest absolute Gasteiger partial charge is 0.510 e. The highest BCUT2D eigenvalue weighted by atomic mass is 32.2. The quantitative estimate of drug-likeness (QED) is 0.0898. The van der Waals surface area contributed by atoms with Crippen molar-refractivity contribution in [1.82, 2.24) is 19.5 Å². The van der Waals surface area contributed by atoms with Crippen molar-refractivity contribution in [2.45, 2.75) is 48.6 Å². The number of anilines is 1. The monoisotopic (exact) mass is 639 g/mol. The Kier molecular flexibility index (Phi) is 9.45. The molecule has 2 aromatic heterocycles. The minimum Gasteiger partial charge on any atom is -0.367 e. The number of imidazole rings is 1. The molecule has 4 heterocycles. The van der Waals surface area contributed by atoms with Crippen LogP contribution in [0.4, 0.5) is 23.2 Å². The van der Waals surface area contributed by atoms with Crippen molar-refractivity contribution in [3.8, 4) is 0 Å². The van der Waals surface area contributed by atoms with Crippen LogP contribution in [0.2, 0.25) is 0 Å². The molecule has 2 unspecified atom stereocenters. The fourth-order valence-corrected chi connectivity index (χ4v) is 5.89. The van der Waals surface area contributed by atoms with Crippen molar-refractivity contribution in [2.24, 2.45) is 0 Å². The number of thioether (sulfide) groups is 2. The second-order valence-corrected chi connectivity index (χ2v) is 12.3. The normalized spacial score (nSPS) is 25.9. The lowest BCUT2D eigenvalue weighted by atomic mass is 10.1. The molecule has 11 nitrogen and oxygen atoms in total. The number of benzene rings is 1. The van der Waals surface area contributed by atoms with Gasteiger partial charge in [-0.25, -0.2) is 19.5 Å². The predicted molar refractivity (Wildman–Crippen MR) is 143 cm³/mol. The highest BCUT2D eigenvalue weighted by Gasteiger charge is 2.54. The third kappa shape index (κ3) is 7.51. The first-order chi connectivity index (χ1) is 19.5. The number of aromatic nitrogens is 4. The van der Waals surface area contributed by atoms with Crippen LogP contribution >= 0.6 is 31.4 Å². The summed E-state index contributed by atoms with van der Waals surface area (Å²) < 4.78 is 87.2. The zero-order valence-electron chi connectivity index (χ0n) is 21.4. The maximum atomic E-state index is 13.3. The number of nitrogens with zero attached hydrogens (tertiary/aromatic N) is 4. The van der Waals surface area contributed by atoms with Crippen LogP contribution in [0.5, 0.6) is 0 Å². The van der Waals surface area contributed by atoms with E-state index >= 15 is 0 Å². The van der Waals surface area contributed by atoms with Gasteiger partial charge in [-0.3, -0.25) is 14.0 Å². The van der Waals surface area contributed by atoms with Gasteiger partial charge < -0.3 is 19.5 Å². The van der Waals surface area contributed by atoms with Crippen molar-refractivity contribution in [3.05, 3.63) is 42.2 Å². The number of halogens is 4. The van der Waals surface area contributed by atoms with E-state index < -0.39 is 57.9 Å². The van der Waals surface area contributed by atoms with Gasteiger partial charge in [-0.05, 0) is 6.26 Å². The first-order valence-corrected chi connectivity index (χ1v) is 16.2. The molecule has 5 rings (SSSR count). The van der Waals surface area contributed by atoms with E-state index in [1.807, 2.05) is 12.3 Å². The minimum atomic E-state index is -5.31. The third-order valence-electron chi connectivity index (χ3n) is 6.21. The lowest BCUT2D eigenvalue weighted by Crippen LogP contribution is -2.31. The lowest BCUT2D eigenvalue weighted by molar-refractivity contribution is -0.152. The van der Waals surface area contributed by atoms with Gasteiger partial charge in [-0.1, -0.05) is 42.1 Å². The Labute approximate surface area is 240 Å². The van der Waals surface area contributed by atoms with E-state index in [1.165, 1.54) is 10.9 Å². The summed E-state index contributed by atoms with van der Waals surface area (Å²) in [5, 5.41) is 3.27. The molecule has 1 aromatic carbocycles. The topological polar surface area (TPSA) is 130 Å². The molecule has 3 aromatic rings. The number of hydrogen-bond donors (Lipinski definition) is 2. The summed E-state index contributed by atoms with van der Waals surface area (Å²) in [5.41, 5.74) is 1.32. The van der Waals surface area contributed by atoms with E-state index in [9.17, 15) is 21.9 Å². The summed E-state index contributed by atoms with van der Waals surface area (Å²) in [6, 6.07) is 9.04. The molecule has 2 saturated heterocycles. The Bertz CT molecular complexity index is 1380. The van der Waals surface area contributed by atoms with Crippen LogP contribution in [0.1, 0.15) is 24.5 Å². The number of rotatable bonds is 12. The Morgan fingerprint density at radius 1 is 1.15 bits per heavy atom. The van der Waals surface area contributed by atoms with Crippen molar-refractivity contribution in [2.75, 3.05) is 36.2 Å². The average Bonchev–Trinajstić information content (AvgIpc) is 3.61. The highest BCUT2D eigenvalue weighted by Crippen LogP contribution is 2.48. The molecule has 0 amide bonds. The molecule has 2 aliphatic heterocycles. The number of hydrogen-bond acceptors (Lipinski definition) is 11. The maximum Gasteiger partial charge on any atom is 0.510 e. The van der Waals surface area contributed by atoms with E-state index in [4.69, 9.17) is 19.1 Å². The summed E-state index contributed by atoms with van der Waals surface area (Å²) in [6.45, 7) is -0.0779. The van der Waals surface area contributed by atoms with Gasteiger partial charge in [0.05, 0.1) is 19.4 Å². The van der Waals surface area contributed by atoms with E-state index in [2.05, 4.69) is 24.8 Å². The fraction of sp³-hybridized carbons (Fsp3) is 0.522. The highest BCUT2D eigenvalue weighted by molar-refractivity contribution is 7.99. The molecule has 18 heteroatoms. The summed E-state index contributed by atoms with van der Waals surface area (Å²) in [5.74, 6) is 0.809. The summed E-state index contributed by atoms with van der Waals surface area (Å²) in [7, 11) is -5.31. The Balaban J connectivity index is 1.47. The van der Waals surface area contributed by atoms with Crippen molar-refractivity contribution in [3.63, 3.8) is 0 Å². The van der Waals surface area contributed by atoms with Crippen molar-refractivity contribution >= 4 is 48.4 Å². The molecule has 2 aliphatic rings. The first-order valence-electron chi connectivity index (χ1n) is 12.4. The smallest absolute Gasteiger partial charge is 0.367 e. The maximum absolute atomic E-state index is 13.3. The van der Waals surface area contributed by atoms with Crippen LogP contribution in [0, 0.1) is 0 Å². The Morgan fingerprint density at radius 2 is 1.90 bits per heavy atom. The molecule has 224 valence electrons. The molecule has 6 atom stereocenters. The average molecular weight is 640 g/mol. The van der Waals surface area contributed by atoms with Gasteiger partial charge in [-0.15, -0.1) is 4.20 Å². The summed E-state index contributed by atoms with van der Waals surface area (Å²) in [4.78, 5) is 22.3. The standard InChI is InChI=1S/C23H26F4N5O6PS2/c1-40-10-8-28-18-15-19(31-22(30-18)41-9-7-23(24,25)26)32(12-29-15)20-17-16(14(36-20)11-35-39(27,33)34)37-21(38-17)13-5-3-2-4-6-13/h2-6,12,14,16-17,20-21H,7-11H2,1H3,(H,33,34)(H,28,30,31)/t14-,16-,17-,20-,21?/m1/s1. The van der Waals surface area contributed by atoms with Crippen LogP contribution < -0.4 is 5.32 Å². The van der Waals surface area contributed by atoms with Gasteiger partial charge in [0.2, 0.25) is 0 Å². The SMILES string of the molecule is CSCCNc1nc(SCCC(F)(F)F)nc2c1ncn2[C@@H]1O[C@H](COP(=O)(O)F)[C@H]2OC(c3ccccc3)O[C@H]21. The zero-order valence-corrected chi connectivity index (χ0v) is 24.0. The second-order valence-electron chi connectivity index (χ2n) is 9.07. The summed E-state index contributed by atoms with van der Waals surface area (Å²) in [6.07, 6.45) is -6.36. The third-order valence-corrected chi connectivity index (χ3v) is 8.14. The van der Waals surface area contributed by atoms with E-state index in [0.717, 1.165) is 17.5 Å². The van der Waals surface area contributed by atoms with Gasteiger partial charge in [0.25, 0.3) is 0 Å². The Hall–Kier alpha value is -1.98. The van der Waals surface area contributed by atoms with Gasteiger partial charge in [0.15, 0.2) is 34.7 Å². The first kappa shape index (κ1) is 30.5.